The molecule has 0 bridgehead atoms. The van der Waals surface area contributed by atoms with E-state index in [4.69, 9.17) is 0 Å². The average molecular weight is 188 g/mol. The molecule has 14 heavy (non-hydrogen) atoms. The van der Waals surface area contributed by atoms with Crippen molar-refractivity contribution in [3.8, 4) is 0 Å². The second kappa shape index (κ2) is 4.29. The van der Waals surface area contributed by atoms with Crippen LogP contribution >= 0.6 is 0 Å². The largest absolute Gasteiger partial charge is 0.311 e. The number of nitrogens with one attached hydrogen (secondary N) is 1. The van der Waals surface area contributed by atoms with Crippen LogP contribution in [-0.2, 0) is 6.54 Å². The van der Waals surface area contributed by atoms with Gasteiger partial charge in [-0.3, -0.25) is 0 Å². The minimum Gasteiger partial charge on any atom is -0.311 e. The molecule has 0 atom stereocenters. The van der Waals surface area contributed by atoms with Gasteiger partial charge < -0.3 is 5.01 Å². The molecule has 2 nitrogen and oxygen atoms in total. The van der Waals surface area contributed by atoms with Crippen LogP contribution in [-0.4, -0.2) is 11.6 Å². The summed E-state index contributed by atoms with van der Waals surface area (Å²) in [5.74, 6) is 0. The van der Waals surface area contributed by atoms with Crippen molar-refractivity contribution in [2.24, 2.45) is 0 Å². The van der Waals surface area contributed by atoms with Gasteiger partial charge in [-0.15, -0.1) is 0 Å². The van der Waals surface area contributed by atoms with Gasteiger partial charge in [0.05, 0.1) is 6.54 Å². The Morgan fingerprint density at radius 1 is 1.29 bits per heavy atom. The average Bonchev–Trinajstić information content (AvgIpc) is 2.67. The predicted octanol–water partition coefficient (Wildman–Crippen LogP) is 2.30. The SMILES string of the molecule is CCC1=CN(Cc2ccccc2)NC1. The van der Waals surface area contributed by atoms with Crippen molar-refractivity contribution in [2.75, 3.05) is 6.54 Å². The lowest BCUT2D eigenvalue weighted by Gasteiger charge is -2.15. The molecule has 0 fully saturated rings. The van der Waals surface area contributed by atoms with Crippen molar-refractivity contribution in [2.45, 2.75) is 19.9 Å². The zero-order chi connectivity index (χ0) is 9.80. The van der Waals surface area contributed by atoms with E-state index in [1.807, 2.05) is 6.07 Å². The molecule has 1 aliphatic rings. The van der Waals surface area contributed by atoms with Gasteiger partial charge in [-0.25, -0.2) is 5.43 Å². The van der Waals surface area contributed by atoms with Gasteiger partial charge >= 0.3 is 0 Å². The van der Waals surface area contributed by atoms with Crippen LogP contribution in [0.2, 0.25) is 0 Å². The zero-order valence-corrected chi connectivity index (χ0v) is 8.53. The first-order chi connectivity index (χ1) is 6.88. The van der Waals surface area contributed by atoms with Gasteiger partial charge in [0, 0.05) is 12.7 Å². The molecule has 0 saturated heterocycles. The zero-order valence-electron chi connectivity index (χ0n) is 8.53. The molecule has 0 saturated carbocycles. The predicted molar refractivity (Wildman–Crippen MR) is 58.4 cm³/mol. The van der Waals surface area contributed by atoms with Gasteiger partial charge in [-0.1, -0.05) is 37.3 Å². The number of nitrogens with zero attached hydrogens (tertiary/aromatic N) is 1. The summed E-state index contributed by atoms with van der Waals surface area (Å²) in [7, 11) is 0. The molecule has 0 aliphatic carbocycles. The first-order valence-corrected chi connectivity index (χ1v) is 5.12. The highest BCUT2D eigenvalue weighted by Gasteiger charge is 2.09. The Bertz CT molecular complexity index is 316. The van der Waals surface area contributed by atoms with Crippen LogP contribution in [0.4, 0.5) is 0 Å². The highest BCUT2D eigenvalue weighted by atomic mass is 15.5. The van der Waals surface area contributed by atoms with Gasteiger partial charge in [0.2, 0.25) is 0 Å². The summed E-state index contributed by atoms with van der Waals surface area (Å²) in [6, 6.07) is 10.5. The van der Waals surface area contributed by atoms with Crippen LogP contribution in [0.15, 0.2) is 42.1 Å². The van der Waals surface area contributed by atoms with Crippen molar-refractivity contribution in [1.82, 2.24) is 10.4 Å². The smallest absolute Gasteiger partial charge is 0.0588 e. The quantitative estimate of drug-likeness (QED) is 0.783. The molecule has 2 rings (SSSR count). The monoisotopic (exact) mass is 188 g/mol. The summed E-state index contributed by atoms with van der Waals surface area (Å²) in [5, 5.41) is 2.16. The minimum absolute atomic E-state index is 0.949. The van der Waals surface area contributed by atoms with Gasteiger partial charge in [0.1, 0.15) is 0 Å². The molecule has 74 valence electrons. The molecule has 1 N–H and O–H groups in total. The fourth-order valence-corrected chi connectivity index (χ4v) is 1.61. The van der Waals surface area contributed by atoms with Crippen molar-refractivity contribution in [1.29, 1.82) is 0 Å². The lowest BCUT2D eigenvalue weighted by atomic mass is 10.2. The Labute approximate surface area is 85.2 Å². The van der Waals surface area contributed by atoms with Crippen LogP contribution in [0.1, 0.15) is 18.9 Å². The molecule has 1 heterocycles. The molecule has 1 aromatic rings. The molecule has 0 radical (unpaired) electrons. The van der Waals surface area contributed by atoms with Gasteiger partial charge in [0.15, 0.2) is 0 Å². The summed E-state index contributed by atoms with van der Waals surface area (Å²) in [6.07, 6.45) is 3.35. The Hall–Kier alpha value is -1.28. The maximum absolute atomic E-state index is 3.35. The molecule has 0 spiro atoms. The Kier molecular flexibility index (Phi) is 2.84. The highest BCUT2D eigenvalue weighted by Crippen LogP contribution is 2.11. The van der Waals surface area contributed by atoms with Crippen LogP contribution in [0.3, 0.4) is 0 Å². The summed E-state index contributed by atoms with van der Waals surface area (Å²) >= 11 is 0. The molecular weight excluding hydrogens is 172 g/mol. The Balaban J connectivity index is 1.97. The molecule has 0 unspecified atom stereocenters. The standard InChI is InChI=1S/C12H16N2/c1-2-11-8-13-14(9-11)10-12-6-4-3-5-7-12/h3-7,9,13H,2,8,10H2,1H3. The highest BCUT2D eigenvalue weighted by molar-refractivity contribution is 5.16. The van der Waals surface area contributed by atoms with Crippen LogP contribution in [0.25, 0.3) is 0 Å². The molecule has 1 aromatic carbocycles. The third kappa shape index (κ3) is 2.15. The van der Waals surface area contributed by atoms with Crippen molar-refractivity contribution < 1.29 is 0 Å². The lowest BCUT2D eigenvalue weighted by molar-refractivity contribution is 0.298. The van der Waals surface area contributed by atoms with Gasteiger partial charge in [-0.2, -0.15) is 0 Å². The van der Waals surface area contributed by atoms with E-state index in [-0.39, 0.29) is 0 Å². The Morgan fingerprint density at radius 2 is 2.07 bits per heavy atom. The van der Waals surface area contributed by atoms with Crippen LogP contribution in [0, 0.1) is 0 Å². The molecular formula is C12H16N2. The third-order valence-electron chi connectivity index (χ3n) is 2.50. The summed E-state index contributed by atoms with van der Waals surface area (Å²) in [4.78, 5) is 0. The number of benzene rings is 1. The third-order valence-corrected chi connectivity index (χ3v) is 2.50. The maximum Gasteiger partial charge on any atom is 0.0588 e. The van der Waals surface area contributed by atoms with E-state index < -0.39 is 0 Å². The van der Waals surface area contributed by atoms with Gasteiger partial charge in [-0.05, 0) is 17.6 Å². The molecule has 0 aromatic heterocycles. The summed E-state index contributed by atoms with van der Waals surface area (Å²) in [5.41, 5.74) is 6.16. The first-order valence-electron chi connectivity index (χ1n) is 5.12. The number of hydrazine groups is 1. The van der Waals surface area contributed by atoms with E-state index >= 15 is 0 Å². The maximum atomic E-state index is 3.35. The molecule has 1 aliphatic heterocycles. The lowest BCUT2D eigenvalue weighted by Crippen LogP contribution is -2.28. The topological polar surface area (TPSA) is 15.3 Å². The second-order valence-corrected chi connectivity index (χ2v) is 3.59. The number of hydrogen-bond acceptors (Lipinski definition) is 2. The first kappa shape index (κ1) is 9.28. The van der Waals surface area contributed by atoms with Gasteiger partial charge in [0.25, 0.3) is 0 Å². The fourth-order valence-electron chi connectivity index (χ4n) is 1.61. The van der Waals surface area contributed by atoms with Crippen molar-refractivity contribution in [3.05, 3.63) is 47.7 Å². The minimum atomic E-state index is 0.949. The van der Waals surface area contributed by atoms with E-state index in [1.165, 1.54) is 11.1 Å². The van der Waals surface area contributed by atoms with E-state index in [0.717, 1.165) is 19.5 Å². The summed E-state index contributed by atoms with van der Waals surface area (Å²) in [6.45, 7) is 4.15. The van der Waals surface area contributed by atoms with E-state index in [0.29, 0.717) is 0 Å². The number of rotatable bonds is 3. The normalized spacial score (nSPS) is 15.8. The van der Waals surface area contributed by atoms with E-state index in [1.54, 1.807) is 0 Å². The Morgan fingerprint density at radius 3 is 2.71 bits per heavy atom. The summed E-state index contributed by atoms with van der Waals surface area (Å²) < 4.78 is 0. The molecule has 0 amide bonds. The van der Waals surface area contributed by atoms with Crippen molar-refractivity contribution in [3.63, 3.8) is 0 Å². The fraction of sp³-hybridized carbons (Fsp3) is 0.333. The van der Waals surface area contributed by atoms with Crippen LogP contribution in [0.5, 0.6) is 0 Å². The molecule has 2 heteroatoms. The van der Waals surface area contributed by atoms with Crippen molar-refractivity contribution >= 4 is 0 Å². The van der Waals surface area contributed by atoms with E-state index in [9.17, 15) is 0 Å². The van der Waals surface area contributed by atoms with Crippen LogP contribution < -0.4 is 5.43 Å². The van der Waals surface area contributed by atoms with E-state index in [2.05, 4.69) is 47.8 Å². The second-order valence-electron chi connectivity index (χ2n) is 3.59. The number of hydrogen-bond donors (Lipinski definition) is 1.